The molecule has 0 heterocycles. The number of nitrogens with zero attached hydrogens (tertiary/aromatic N) is 1. The molecule has 0 amide bonds. The Morgan fingerprint density at radius 2 is 2.33 bits per heavy atom. The summed E-state index contributed by atoms with van der Waals surface area (Å²) >= 11 is 3.39. The van der Waals surface area contributed by atoms with Crippen LogP contribution in [-0.4, -0.2) is 17.6 Å². The standard InChI is InChI=1S/C13H15BrN2O2/c1-9(2-5-13(17)18)8-16-12-4-3-10(7-15)6-11(12)14/h3-4,6,9,16H,2,5,8H2,1H3,(H,17,18). The van der Waals surface area contributed by atoms with Gasteiger partial charge in [0.2, 0.25) is 0 Å². The molecule has 0 bridgehead atoms. The van der Waals surface area contributed by atoms with Crippen LogP contribution in [0, 0.1) is 17.2 Å². The number of carboxylic acids is 1. The smallest absolute Gasteiger partial charge is 0.303 e. The Morgan fingerprint density at radius 3 is 2.89 bits per heavy atom. The molecule has 0 aliphatic heterocycles. The average Bonchev–Trinajstić information content (AvgIpc) is 2.34. The number of hydrogen-bond acceptors (Lipinski definition) is 3. The zero-order valence-electron chi connectivity index (χ0n) is 10.1. The number of nitrogens with one attached hydrogen (secondary N) is 1. The van der Waals surface area contributed by atoms with Crippen LogP contribution in [0.3, 0.4) is 0 Å². The zero-order chi connectivity index (χ0) is 13.5. The molecule has 0 spiro atoms. The lowest BCUT2D eigenvalue weighted by Crippen LogP contribution is -2.13. The van der Waals surface area contributed by atoms with Crippen molar-refractivity contribution in [1.29, 1.82) is 5.26 Å². The molecule has 18 heavy (non-hydrogen) atoms. The van der Waals surface area contributed by atoms with Crippen molar-refractivity contribution in [3.63, 3.8) is 0 Å². The number of halogens is 1. The number of rotatable bonds is 6. The highest BCUT2D eigenvalue weighted by Crippen LogP contribution is 2.23. The first-order valence-electron chi connectivity index (χ1n) is 5.68. The Kier molecular flexibility index (Phi) is 5.66. The number of carboxylic acid groups (broad SMARTS) is 1. The van der Waals surface area contributed by atoms with Crippen molar-refractivity contribution in [2.75, 3.05) is 11.9 Å². The molecule has 1 aromatic carbocycles. The Labute approximate surface area is 115 Å². The molecule has 0 saturated heterocycles. The highest BCUT2D eigenvalue weighted by Gasteiger charge is 2.07. The van der Waals surface area contributed by atoms with E-state index in [-0.39, 0.29) is 12.3 Å². The average molecular weight is 311 g/mol. The summed E-state index contributed by atoms with van der Waals surface area (Å²) in [5.74, 6) is -0.481. The third-order valence-electron chi connectivity index (χ3n) is 2.59. The van der Waals surface area contributed by atoms with Gasteiger partial charge >= 0.3 is 5.97 Å². The molecular formula is C13H15BrN2O2. The highest BCUT2D eigenvalue weighted by molar-refractivity contribution is 9.10. The predicted octanol–water partition coefficient (Wildman–Crippen LogP) is 3.23. The van der Waals surface area contributed by atoms with Gasteiger partial charge in [-0.2, -0.15) is 5.26 Å². The molecule has 4 nitrogen and oxygen atoms in total. The summed E-state index contributed by atoms with van der Waals surface area (Å²) in [5, 5.41) is 20.6. The third-order valence-corrected chi connectivity index (χ3v) is 3.25. The molecule has 0 aliphatic rings. The van der Waals surface area contributed by atoms with E-state index in [1.807, 2.05) is 13.0 Å². The number of hydrogen-bond donors (Lipinski definition) is 2. The van der Waals surface area contributed by atoms with Gasteiger partial charge in [-0.25, -0.2) is 0 Å². The van der Waals surface area contributed by atoms with Crippen LogP contribution in [0.1, 0.15) is 25.3 Å². The summed E-state index contributed by atoms with van der Waals surface area (Å²) in [7, 11) is 0. The second kappa shape index (κ2) is 7.02. The fourth-order valence-corrected chi connectivity index (χ4v) is 2.00. The molecule has 0 radical (unpaired) electrons. The van der Waals surface area contributed by atoms with Gasteiger partial charge in [0.15, 0.2) is 0 Å². The van der Waals surface area contributed by atoms with E-state index >= 15 is 0 Å². The zero-order valence-corrected chi connectivity index (χ0v) is 11.7. The molecule has 0 saturated carbocycles. The minimum atomic E-state index is -0.763. The third kappa shape index (κ3) is 4.76. The molecule has 0 aliphatic carbocycles. The number of aliphatic carboxylic acids is 1. The SMILES string of the molecule is CC(CCC(=O)O)CNc1ccc(C#N)cc1Br. The van der Waals surface area contributed by atoms with E-state index in [4.69, 9.17) is 10.4 Å². The van der Waals surface area contributed by atoms with Crippen molar-refractivity contribution < 1.29 is 9.90 Å². The van der Waals surface area contributed by atoms with E-state index in [1.54, 1.807) is 12.1 Å². The summed E-state index contributed by atoms with van der Waals surface area (Å²) in [4.78, 5) is 10.4. The topological polar surface area (TPSA) is 73.1 Å². The lowest BCUT2D eigenvalue weighted by molar-refractivity contribution is -0.137. The first kappa shape index (κ1) is 14.5. The normalized spacial score (nSPS) is 11.6. The van der Waals surface area contributed by atoms with Crippen LogP contribution in [0.5, 0.6) is 0 Å². The molecule has 1 rings (SSSR count). The largest absolute Gasteiger partial charge is 0.481 e. The van der Waals surface area contributed by atoms with Gasteiger partial charge in [0.05, 0.1) is 11.6 Å². The minimum absolute atomic E-state index is 0.192. The van der Waals surface area contributed by atoms with Crippen LogP contribution in [0.4, 0.5) is 5.69 Å². The van der Waals surface area contributed by atoms with E-state index in [0.29, 0.717) is 18.5 Å². The second-order valence-electron chi connectivity index (χ2n) is 4.22. The van der Waals surface area contributed by atoms with Gasteiger partial charge in [-0.3, -0.25) is 4.79 Å². The molecule has 0 fully saturated rings. The van der Waals surface area contributed by atoms with Gasteiger partial charge in [-0.05, 0) is 46.5 Å². The molecule has 2 N–H and O–H groups in total. The number of carbonyl (C=O) groups is 1. The Balaban J connectivity index is 2.48. The maximum absolute atomic E-state index is 10.4. The van der Waals surface area contributed by atoms with Gasteiger partial charge < -0.3 is 10.4 Å². The lowest BCUT2D eigenvalue weighted by atomic mass is 10.1. The first-order valence-corrected chi connectivity index (χ1v) is 6.47. The molecular weight excluding hydrogens is 296 g/mol. The summed E-state index contributed by atoms with van der Waals surface area (Å²) in [6, 6.07) is 7.41. The molecule has 96 valence electrons. The Morgan fingerprint density at radius 1 is 1.61 bits per heavy atom. The first-order chi connectivity index (χ1) is 8.52. The molecule has 0 aromatic heterocycles. The van der Waals surface area contributed by atoms with Crippen LogP contribution in [0.2, 0.25) is 0 Å². The summed E-state index contributed by atoms with van der Waals surface area (Å²) < 4.78 is 0.840. The van der Waals surface area contributed by atoms with Gasteiger partial charge in [-0.15, -0.1) is 0 Å². The lowest BCUT2D eigenvalue weighted by Gasteiger charge is -2.13. The molecule has 1 aromatic rings. The van der Waals surface area contributed by atoms with E-state index in [1.165, 1.54) is 0 Å². The van der Waals surface area contributed by atoms with E-state index < -0.39 is 5.97 Å². The van der Waals surface area contributed by atoms with E-state index in [9.17, 15) is 4.79 Å². The Hall–Kier alpha value is -1.54. The van der Waals surface area contributed by atoms with Crippen LogP contribution in [0.25, 0.3) is 0 Å². The monoisotopic (exact) mass is 310 g/mol. The fourth-order valence-electron chi connectivity index (χ4n) is 1.48. The van der Waals surface area contributed by atoms with Crippen LogP contribution in [0.15, 0.2) is 22.7 Å². The molecule has 1 atom stereocenters. The van der Waals surface area contributed by atoms with Crippen LogP contribution in [-0.2, 0) is 4.79 Å². The predicted molar refractivity (Wildman–Crippen MR) is 73.4 cm³/mol. The van der Waals surface area contributed by atoms with Gasteiger partial charge in [0, 0.05) is 23.1 Å². The maximum atomic E-state index is 10.4. The van der Waals surface area contributed by atoms with Crippen molar-refractivity contribution >= 4 is 27.6 Å². The highest BCUT2D eigenvalue weighted by atomic mass is 79.9. The number of anilines is 1. The fraction of sp³-hybridized carbons (Fsp3) is 0.385. The molecule has 1 unspecified atom stereocenters. The second-order valence-corrected chi connectivity index (χ2v) is 5.08. The number of nitriles is 1. The summed E-state index contributed by atoms with van der Waals surface area (Å²) in [5.41, 5.74) is 1.52. The van der Waals surface area contributed by atoms with Crippen molar-refractivity contribution in [3.05, 3.63) is 28.2 Å². The summed E-state index contributed by atoms with van der Waals surface area (Å²) in [6.45, 7) is 2.71. The molecule has 5 heteroatoms. The quantitative estimate of drug-likeness (QED) is 0.846. The van der Waals surface area contributed by atoms with E-state index in [2.05, 4.69) is 27.3 Å². The Bertz CT molecular complexity index is 469. The van der Waals surface area contributed by atoms with Crippen LogP contribution < -0.4 is 5.32 Å². The minimum Gasteiger partial charge on any atom is -0.481 e. The summed E-state index contributed by atoms with van der Waals surface area (Å²) in [6.07, 6.45) is 0.841. The van der Waals surface area contributed by atoms with Gasteiger partial charge in [0.25, 0.3) is 0 Å². The number of benzene rings is 1. The van der Waals surface area contributed by atoms with E-state index in [0.717, 1.165) is 10.2 Å². The van der Waals surface area contributed by atoms with Gasteiger partial charge in [0.1, 0.15) is 0 Å². The maximum Gasteiger partial charge on any atom is 0.303 e. The van der Waals surface area contributed by atoms with Crippen LogP contribution >= 0.6 is 15.9 Å². The van der Waals surface area contributed by atoms with Crippen molar-refractivity contribution in [1.82, 2.24) is 0 Å². The van der Waals surface area contributed by atoms with Crippen molar-refractivity contribution in [2.45, 2.75) is 19.8 Å². The van der Waals surface area contributed by atoms with Crippen molar-refractivity contribution in [3.8, 4) is 6.07 Å². The van der Waals surface area contributed by atoms with Gasteiger partial charge in [-0.1, -0.05) is 6.92 Å². The van der Waals surface area contributed by atoms with Crippen molar-refractivity contribution in [2.24, 2.45) is 5.92 Å².